The Bertz CT molecular complexity index is 1100. The van der Waals surface area contributed by atoms with Crippen LogP contribution in [0.5, 0.6) is 5.75 Å². The Morgan fingerprint density at radius 3 is 2.61 bits per heavy atom. The van der Waals surface area contributed by atoms with Gasteiger partial charge in [0, 0.05) is 23.9 Å². The molecule has 0 atom stereocenters. The highest BCUT2D eigenvalue weighted by Gasteiger charge is 2.15. The van der Waals surface area contributed by atoms with E-state index >= 15 is 0 Å². The zero-order chi connectivity index (χ0) is 19.3. The van der Waals surface area contributed by atoms with Gasteiger partial charge < -0.3 is 9.30 Å². The molecular weight excluding hydrogens is 346 g/mol. The number of hydrogen-bond acceptors (Lipinski definition) is 3. The van der Waals surface area contributed by atoms with Crippen molar-refractivity contribution in [2.24, 2.45) is 0 Å². The minimum absolute atomic E-state index is 0.760. The molecule has 4 nitrogen and oxygen atoms in total. The summed E-state index contributed by atoms with van der Waals surface area (Å²) in [4.78, 5) is 9.49. The van der Waals surface area contributed by atoms with Gasteiger partial charge in [0.25, 0.3) is 0 Å². The normalized spacial score (nSPS) is 10.9. The lowest BCUT2D eigenvalue weighted by Gasteiger charge is -2.10. The molecule has 0 aliphatic rings. The van der Waals surface area contributed by atoms with Gasteiger partial charge in [0.05, 0.1) is 12.6 Å². The molecule has 0 saturated heterocycles. The molecule has 0 aliphatic carbocycles. The highest BCUT2D eigenvalue weighted by molar-refractivity contribution is 5.82. The third kappa shape index (κ3) is 3.54. The summed E-state index contributed by atoms with van der Waals surface area (Å²) in [5, 5.41) is 0. The van der Waals surface area contributed by atoms with Crippen LogP contribution in [0.15, 0.2) is 79.5 Å². The zero-order valence-electron chi connectivity index (χ0n) is 16.0. The molecule has 2 aromatic carbocycles. The van der Waals surface area contributed by atoms with E-state index in [9.17, 15) is 0 Å². The molecule has 0 N–H and O–H groups in total. The first-order valence-corrected chi connectivity index (χ1v) is 9.47. The molecule has 28 heavy (non-hydrogen) atoms. The maximum absolute atomic E-state index is 5.40. The monoisotopic (exact) mass is 369 g/mol. The number of unbranched alkanes of at least 4 members (excludes halogenated alkanes) is 1. The molecule has 0 unspecified atom stereocenters. The third-order valence-corrected chi connectivity index (χ3v) is 4.83. The molecule has 0 aliphatic heterocycles. The number of imidazole rings is 1. The number of fused-ring (bicyclic) bond motifs is 1. The summed E-state index contributed by atoms with van der Waals surface area (Å²) in [6.45, 7) is 4.70. The summed E-state index contributed by atoms with van der Waals surface area (Å²) >= 11 is 0. The van der Waals surface area contributed by atoms with Gasteiger partial charge >= 0.3 is 0 Å². The van der Waals surface area contributed by atoms with Gasteiger partial charge in [-0.1, -0.05) is 48.5 Å². The molecule has 4 heteroatoms. The Kier molecular flexibility index (Phi) is 5.20. The molecule has 4 aromatic rings. The van der Waals surface area contributed by atoms with Crippen molar-refractivity contribution in [3.63, 3.8) is 0 Å². The van der Waals surface area contributed by atoms with Gasteiger partial charge in [0.1, 0.15) is 11.6 Å². The van der Waals surface area contributed by atoms with Gasteiger partial charge in [0.2, 0.25) is 0 Å². The number of pyridine rings is 1. The molecule has 140 valence electrons. The number of ether oxygens (including phenoxy) is 1. The van der Waals surface area contributed by atoms with Crippen LogP contribution in [0.4, 0.5) is 0 Å². The van der Waals surface area contributed by atoms with E-state index in [2.05, 4.69) is 40.4 Å². The molecule has 0 radical (unpaired) electrons. The summed E-state index contributed by atoms with van der Waals surface area (Å²) < 4.78 is 7.66. The Morgan fingerprint density at radius 2 is 1.82 bits per heavy atom. The number of aromatic nitrogens is 3. The largest absolute Gasteiger partial charge is 0.497 e. The van der Waals surface area contributed by atoms with Crippen LogP contribution in [0, 0.1) is 0 Å². The van der Waals surface area contributed by atoms with Crippen molar-refractivity contribution in [3.8, 4) is 28.3 Å². The first-order chi connectivity index (χ1) is 13.8. The number of benzene rings is 2. The molecule has 0 bridgehead atoms. The van der Waals surface area contributed by atoms with Crippen molar-refractivity contribution in [1.82, 2.24) is 14.5 Å². The lowest BCUT2D eigenvalue weighted by Crippen LogP contribution is -2.01. The quantitative estimate of drug-likeness (QED) is 0.308. The summed E-state index contributed by atoms with van der Waals surface area (Å²) in [6.07, 6.45) is 5.82. The first-order valence-electron chi connectivity index (χ1n) is 9.47. The summed E-state index contributed by atoms with van der Waals surface area (Å²) in [6, 6.07) is 20.5. The highest BCUT2D eigenvalue weighted by Crippen LogP contribution is 2.29. The van der Waals surface area contributed by atoms with Gasteiger partial charge in [-0.25, -0.2) is 9.97 Å². The van der Waals surface area contributed by atoms with Crippen LogP contribution in [-0.2, 0) is 6.54 Å². The Hall–Kier alpha value is -3.40. The van der Waals surface area contributed by atoms with Crippen LogP contribution >= 0.6 is 0 Å². The number of nitrogens with zero attached hydrogens (tertiary/aromatic N) is 3. The number of rotatable bonds is 7. The average Bonchev–Trinajstić information content (AvgIpc) is 3.12. The molecule has 0 spiro atoms. The molecule has 2 heterocycles. The minimum Gasteiger partial charge on any atom is -0.497 e. The lowest BCUT2D eigenvalue weighted by atomic mass is 10.1. The Labute approximate surface area is 165 Å². The summed E-state index contributed by atoms with van der Waals surface area (Å²) in [5.41, 5.74) is 5.07. The predicted molar refractivity (Wildman–Crippen MR) is 114 cm³/mol. The SMILES string of the molecule is C=CCCCn1c(-c2cccc(OC)c2)nc2ncc(-c3ccccc3)cc21. The maximum Gasteiger partial charge on any atom is 0.178 e. The Morgan fingerprint density at radius 1 is 1.00 bits per heavy atom. The van der Waals surface area contributed by atoms with Gasteiger partial charge in [0.15, 0.2) is 5.65 Å². The van der Waals surface area contributed by atoms with E-state index in [1.807, 2.05) is 48.7 Å². The van der Waals surface area contributed by atoms with Crippen LogP contribution < -0.4 is 4.74 Å². The van der Waals surface area contributed by atoms with E-state index in [0.717, 1.165) is 58.8 Å². The first kappa shape index (κ1) is 18.0. The number of aryl methyl sites for hydroxylation is 1. The maximum atomic E-state index is 5.40. The predicted octanol–water partition coefficient (Wildman–Crippen LogP) is 5.74. The van der Waals surface area contributed by atoms with Gasteiger partial charge in [-0.2, -0.15) is 0 Å². The van der Waals surface area contributed by atoms with E-state index in [-0.39, 0.29) is 0 Å². The van der Waals surface area contributed by atoms with E-state index in [0.29, 0.717) is 0 Å². The van der Waals surface area contributed by atoms with Crippen molar-refractivity contribution < 1.29 is 4.74 Å². The second-order valence-corrected chi connectivity index (χ2v) is 6.68. The van der Waals surface area contributed by atoms with Crippen molar-refractivity contribution in [1.29, 1.82) is 0 Å². The fourth-order valence-electron chi connectivity index (χ4n) is 3.40. The van der Waals surface area contributed by atoms with E-state index in [4.69, 9.17) is 9.72 Å². The minimum atomic E-state index is 0.760. The van der Waals surface area contributed by atoms with Crippen LogP contribution in [0.2, 0.25) is 0 Å². The molecule has 0 saturated carbocycles. The van der Waals surface area contributed by atoms with E-state index in [1.165, 1.54) is 0 Å². The van der Waals surface area contributed by atoms with Gasteiger partial charge in [-0.3, -0.25) is 0 Å². The third-order valence-electron chi connectivity index (χ3n) is 4.83. The van der Waals surface area contributed by atoms with Crippen molar-refractivity contribution in [2.75, 3.05) is 7.11 Å². The number of methoxy groups -OCH3 is 1. The summed E-state index contributed by atoms with van der Waals surface area (Å²) in [7, 11) is 1.68. The van der Waals surface area contributed by atoms with E-state index in [1.54, 1.807) is 7.11 Å². The van der Waals surface area contributed by atoms with E-state index < -0.39 is 0 Å². The fraction of sp³-hybridized carbons (Fsp3) is 0.167. The average molecular weight is 369 g/mol. The lowest BCUT2D eigenvalue weighted by molar-refractivity contribution is 0.415. The second-order valence-electron chi connectivity index (χ2n) is 6.68. The molecule has 0 amide bonds. The van der Waals surface area contributed by atoms with Crippen LogP contribution in [0.25, 0.3) is 33.7 Å². The molecule has 2 aromatic heterocycles. The molecule has 4 rings (SSSR count). The number of hydrogen-bond donors (Lipinski definition) is 0. The van der Waals surface area contributed by atoms with Gasteiger partial charge in [-0.15, -0.1) is 6.58 Å². The van der Waals surface area contributed by atoms with Crippen LogP contribution in [0.1, 0.15) is 12.8 Å². The molecule has 0 fully saturated rings. The van der Waals surface area contributed by atoms with Crippen molar-refractivity contribution >= 4 is 11.2 Å². The van der Waals surface area contributed by atoms with Crippen LogP contribution in [-0.4, -0.2) is 21.6 Å². The standard InChI is InChI=1S/C24H23N3O/c1-3-4-8-14-27-22-16-20(18-10-6-5-7-11-18)17-25-23(22)26-24(27)19-12-9-13-21(15-19)28-2/h3,5-7,9-13,15-17H,1,4,8,14H2,2H3. The Balaban J connectivity index is 1.86. The van der Waals surface area contributed by atoms with Gasteiger partial charge in [-0.05, 0) is 36.6 Å². The fourth-order valence-corrected chi connectivity index (χ4v) is 3.40. The smallest absolute Gasteiger partial charge is 0.178 e. The highest BCUT2D eigenvalue weighted by atomic mass is 16.5. The van der Waals surface area contributed by atoms with Crippen molar-refractivity contribution in [3.05, 3.63) is 79.5 Å². The molecular formula is C24H23N3O. The second kappa shape index (κ2) is 8.09. The number of allylic oxidation sites excluding steroid dienone is 1. The van der Waals surface area contributed by atoms with Crippen molar-refractivity contribution in [2.45, 2.75) is 19.4 Å². The van der Waals surface area contributed by atoms with Crippen LogP contribution in [0.3, 0.4) is 0 Å². The summed E-state index contributed by atoms with van der Waals surface area (Å²) in [5.74, 6) is 1.73. The topological polar surface area (TPSA) is 39.9 Å². The zero-order valence-corrected chi connectivity index (χ0v) is 16.0.